The Hall–Kier alpha value is -0.620. The van der Waals surface area contributed by atoms with Crippen molar-refractivity contribution in [3.8, 4) is 0 Å². The SMILES string of the molecule is CS(=O)(=O)C1(CNC(=O)C2CCCN2C2CC2)CC1. The molecule has 0 spiro atoms. The van der Waals surface area contributed by atoms with E-state index in [0.717, 1.165) is 19.4 Å². The van der Waals surface area contributed by atoms with Crippen LogP contribution in [0.4, 0.5) is 0 Å². The maximum Gasteiger partial charge on any atom is 0.237 e. The van der Waals surface area contributed by atoms with Crippen LogP contribution in [0.2, 0.25) is 0 Å². The minimum Gasteiger partial charge on any atom is -0.353 e. The fourth-order valence-corrected chi connectivity index (χ4v) is 4.28. The molecule has 1 heterocycles. The zero-order chi connectivity index (χ0) is 13.7. The maximum atomic E-state index is 12.2. The molecule has 2 saturated carbocycles. The molecule has 1 N–H and O–H groups in total. The van der Waals surface area contributed by atoms with E-state index in [9.17, 15) is 13.2 Å². The molecule has 3 fully saturated rings. The van der Waals surface area contributed by atoms with Gasteiger partial charge in [-0.3, -0.25) is 9.69 Å². The van der Waals surface area contributed by atoms with Gasteiger partial charge in [0.1, 0.15) is 0 Å². The van der Waals surface area contributed by atoms with E-state index < -0.39 is 14.6 Å². The van der Waals surface area contributed by atoms with Gasteiger partial charge in [-0.05, 0) is 45.1 Å². The molecule has 1 amide bonds. The van der Waals surface area contributed by atoms with Gasteiger partial charge >= 0.3 is 0 Å². The van der Waals surface area contributed by atoms with Crippen molar-refractivity contribution in [3.05, 3.63) is 0 Å². The number of hydrogen-bond acceptors (Lipinski definition) is 4. The molecule has 1 saturated heterocycles. The summed E-state index contributed by atoms with van der Waals surface area (Å²) in [7, 11) is -3.06. The van der Waals surface area contributed by atoms with Crippen LogP contribution in [0.15, 0.2) is 0 Å². The summed E-state index contributed by atoms with van der Waals surface area (Å²) >= 11 is 0. The molecule has 19 heavy (non-hydrogen) atoms. The van der Waals surface area contributed by atoms with Gasteiger partial charge in [-0.15, -0.1) is 0 Å². The number of carbonyl (C=O) groups is 1. The Balaban J connectivity index is 1.57. The summed E-state index contributed by atoms with van der Waals surface area (Å²) in [5.74, 6) is 0.0272. The lowest BCUT2D eigenvalue weighted by molar-refractivity contribution is -0.125. The first-order valence-corrected chi connectivity index (χ1v) is 9.05. The monoisotopic (exact) mass is 286 g/mol. The van der Waals surface area contributed by atoms with Gasteiger partial charge in [-0.2, -0.15) is 0 Å². The molecular weight excluding hydrogens is 264 g/mol. The molecule has 0 aromatic rings. The number of likely N-dealkylation sites (tertiary alicyclic amines) is 1. The first kappa shape index (κ1) is 13.4. The summed E-state index contributed by atoms with van der Waals surface area (Å²) in [6.07, 6.45) is 7.04. The van der Waals surface area contributed by atoms with E-state index in [2.05, 4.69) is 10.2 Å². The average molecular weight is 286 g/mol. The van der Waals surface area contributed by atoms with Gasteiger partial charge in [-0.25, -0.2) is 8.42 Å². The van der Waals surface area contributed by atoms with Crippen LogP contribution in [0.25, 0.3) is 0 Å². The number of amides is 1. The summed E-state index contributed by atoms with van der Waals surface area (Å²) in [4.78, 5) is 14.5. The van der Waals surface area contributed by atoms with Crippen molar-refractivity contribution < 1.29 is 13.2 Å². The standard InChI is InChI=1S/C13H22N2O3S/c1-19(17,18)13(6-7-13)9-14-12(16)11-3-2-8-15(11)10-4-5-10/h10-11H,2-9H2,1H3,(H,14,16). The van der Waals surface area contributed by atoms with Crippen molar-refractivity contribution >= 4 is 15.7 Å². The molecule has 3 rings (SSSR count). The lowest BCUT2D eigenvalue weighted by Gasteiger charge is -2.24. The molecule has 0 radical (unpaired) electrons. The maximum absolute atomic E-state index is 12.2. The Morgan fingerprint density at radius 3 is 2.53 bits per heavy atom. The molecule has 2 aliphatic carbocycles. The van der Waals surface area contributed by atoms with Crippen molar-refractivity contribution in [2.45, 2.75) is 55.4 Å². The molecular formula is C13H22N2O3S. The van der Waals surface area contributed by atoms with Crippen LogP contribution in [0.3, 0.4) is 0 Å². The van der Waals surface area contributed by atoms with E-state index >= 15 is 0 Å². The van der Waals surface area contributed by atoms with Gasteiger partial charge in [0, 0.05) is 18.8 Å². The summed E-state index contributed by atoms with van der Waals surface area (Å²) < 4.78 is 22.7. The van der Waals surface area contributed by atoms with Crippen LogP contribution in [0, 0.1) is 0 Å². The zero-order valence-corrected chi connectivity index (χ0v) is 12.2. The second kappa shape index (κ2) is 4.45. The predicted molar refractivity (Wildman–Crippen MR) is 72.6 cm³/mol. The Bertz CT molecular complexity index is 480. The molecule has 5 nitrogen and oxygen atoms in total. The number of rotatable bonds is 5. The highest BCUT2D eigenvalue weighted by Crippen LogP contribution is 2.42. The molecule has 0 bridgehead atoms. The molecule has 1 aliphatic heterocycles. The lowest BCUT2D eigenvalue weighted by atomic mass is 10.2. The summed E-state index contributed by atoms with van der Waals surface area (Å²) in [5, 5.41) is 2.89. The Kier molecular flexibility index (Phi) is 3.13. The third-order valence-corrected chi connectivity index (χ3v) is 6.92. The highest BCUT2D eigenvalue weighted by Gasteiger charge is 2.52. The van der Waals surface area contributed by atoms with Crippen LogP contribution in [-0.4, -0.2) is 55.4 Å². The minimum absolute atomic E-state index is 0.0251. The van der Waals surface area contributed by atoms with Crippen molar-refractivity contribution in [3.63, 3.8) is 0 Å². The van der Waals surface area contributed by atoms with Gasteiger partial charge < -0.3 is 5.32 Å². The van der Waals surface area contributed by atoms with E-state index in [1.54, 1.807) is 0 Å². The van der Waals surface area contributed by atoms with Crippen LogP contribution in [0.1, 0.15) is 38.5 Å². The lowest BCUT2D eigenvalue weighted by Crippen LogP contribution is -2.47. The van der Waals surface area contributed by atoms with Gasteiger partial charge in [0.05, 0.1) is 10.8 Å². The van der Waals surface area contributed by atoms with Gasteiger partial charge in [-0.1, -0.05) is 0 Å². The largest absolute Gasteiger partial charge is 0.353 e. The first-order valence-electron chi connectivity index (χ1n) is 7.16. The minimum atomic E-state index is -3.06. The van der Waals surface area contributed by atoms with Gasteiger partial charge in [0.2, 0.25) is 5.91 Å². The van der Waals surface area contributed by atoms with Crippen LogP contribution in [0.5, 0.6) is 0 Å². The first-order chi connectivity index (χ1) is 8.93. The molecule has 108 valence electrons. The Labute approximate surface area is 114 Å². The average Bonchev–Trinajstić information content (AvgIpc) is 3.24. The molecule has 1 atom stereocenters. The van der Waals surface area contributed by atoms with E-state index in [1.165, 1.54) is 19.1 Å². The number of hydrogen-bond donors (Lipinski definition) is 1. The topological polar surface area (TPSA) is 66.5 Å². The Morgan fingerprint density at radius 2 is 2.00 bits per heavy atom. The van der Waals surface area contributed by atoms with E-state index in [1.807, 2.05) is 0 Å². The van der Waals surface area contributed by atoms with Crippen LogP contribution < -0.4 is 5.32 Å². The predicted octanol–water partition coefficient (Wildman–Crippen LogP) is 0.307. The normalized spacial score (nSPS) is 30.3. The van der Waals surface area contributed by atoms with E-state index in [0.29, 0.717) is 25.4 Å². The molecule has 6 heteroatoms. The number of sulfone groups is 1. The smallest absolute Gasteiger partial charge is 0.237 e. The number of carbonyl (C=O) groups excluding carboxylic acids is 1. The van der Waals surface area contributed by atoms with Gasteiger partial charge in [0.15, 0.2) is 9.84 Å². The molecule has 0 aromatic carbocycles. The van der Waals surface area contributed by atoms with Crippen LogP contribution in [-0.2, 0) is 14.6 Å². The number of nitrogens with one attached hydrogen (secondary N) is 1. The van der Waals surface area contributed by atoms with E-state index in [-0.39, 0.29) is 11.9 Å². The fourth-order valence-electron chi connectivity index (χ4n) is 3.10. The van der Waals surface area contributed by atoms with Crippen molar-refractivity contribution in [2.75, 3.05) is 19.3 Å². The highest BCUT2D eigenvalue weighted by molar-refractivity contribution is 7.92. The summed E-state index contributed by atoms with van der Waals surface area (Å²) in [6.45, 7) is 1.31. The second-order valence-electron chi connectivity index (χ2n) is 6.30. The summed E-state index contributed by atoms with van der Waals surface area (Å²) in [5.41, 5.74) is 0. The molecule has 3 aliphatic rings. The highest BCUT2D eigenvalue weighted by atomic mass is 32.2. The van der Waals surface area contributed by atoms with Crippen molar-refractivity contribution in [1.29, 1.82) is 0 Å². The quantitative estimate of drug-likeness (QED) is 0.790. The molecule has 0 aromatic heterocycles. The van der Waals surface area contributed by atoms with Crippen LogP contribution >= 0.6 is 0 Å². The number of nitrogens with zero attached hydrogens (tertiary/aromatic N) is 1. The fraction of sp³-hybridized carbons (Fsp3) is 0.923. The van der Waals surface area contributed by atoms with Crippen molar-refractivity contribution in [2.24, 2.45) is 0 Å². The molecule has 1 unspecified atom stereocenters. The summed E-state index contributed by atoms with van der Waals surface area (Å²) in [6, 6.07) is 0.575. The third kappa shape index (κ3) is 2.52. The van der Waals surface area contributed by atoms with E-state index in [4.69, 9.17) is 0 Å². The Morgan fingerprint density at radius 1 is 1.32 bits per heavy atom. The second-order valence-corrected chi connectivity index (χ2v) is 8.71. The zero-order valence-electron chi connectivity index (χ0n) is 11.4. The van der Waals surface area contributed by atoms with Gasteiger partial charge in [0.25, 0.3) is 0 Å². The third-order valence-electron chi connectivity index (χ3n) is 4.79. The van der Waals surface area contributed by atoms with Crippen molar-refractivity contribution in [1.82, 2.24) is 10.2 Å².